The van der Waals surface area contributed by atoms with Gasteiger partial charge < -0.3 is 10.1 Å². The van der Waals surface area contributed by atoms with Gasteiger partial charge in [0.25, 0.3) is 0 Å². The predicted molar refractivity (Wildman–Crippen MR) is 101 cm³/mol. The van der Waals surface area contributed by atoms with E-state index in [1.807, 2.05) is 66.1 Å². The Labute approximate surface area is 147 Å². The lowest BCUT2D eigenvalue weighted by Gasteiger charge is -1.94. The first-order chi connectivity index (χ1) is 12.3. The summed E-state index contributed by atoms with van der Waals surface area (Å²) in [6.45, 7) is 0. The summed E-state index contributed by atoms with van der Waals surface area (Å²) < 4.78 is 0. The summed E-state index contributed by atoms with van der Waals surface area (Å²) in [5.74, 6) is 0.936. The maximum Gasteiger partial charge on any atom is 0.196 e. The van der Waals surface area contributed by atoms with Gasteiger partial charge >= 0.3 is 0 Å². The van der Waals surface area contributed by atoms with Crippen molar-refractivity contribution in [3.8, 4) is 5.88 Å². The van der Waals surface area contributed by atoms with E-state index in [-0.39, 0.29) is 5.88 Å². The molecular formula is C20H13N3OS. The number of nitrogens with zero attached hydrogens (tertiary/aromatic N) is 2. The number of rotatable bonds is 2. The minimum atomic E-state index is 0.175. The third-order valence-electron chi connectivity index (χ3n) is 4.23. The summed E-state index contributed by atoms with van der Waals surface area (Å²) in [4.78, 5) is 13.3. The Hall–Kier alpha value is -3.18. The largest absolute Gasteiger partial charge is 0.494 e. The van der Waals surface area contributed by atoms with E-state index in [2.05, 4.69) is 15.0 Å². The number of hydrogen-bond acceptors (Lipinski definition) is 4. The Kier molecular flexibility index (Phi) is 3.08. The van der Waals surface area contributed by atoms with Crippen molar-refractivity contribution < 1.29 is 5.11 Å². The number of nitrogens with one attached hydrogen (secondary N) is 1. The number of H-pyrrole nitrogens is 1. The topological polar surface area (TPSA) is 60.7 Å². The first kappa shape index (κ1) is 14.2. The summed E-state index contributed by atoms with van der Waals surface area (Å²) >= 11 is 1.63. The number of para-hydroxylation sites is 1. The number of aromatic hydroxyl groups is 1. The quantitative estimate of drug-likeness (QED) is 0.575. The molecule has 1 aliphatic heterocycles. The van der Waals surface area contributed by atoms with Gasteiger partial charge in [-0.1, -0.05) is 30.3 Å². The van der Waals surface area contributed by atoms with Gasteiger partial charge in [-0.25, -0.2) is 9.98 Å². The van der Waals surface area contributed by atoms with Crippen LogP contribution in [0.15, 0.2) is 70.0 Å². The fraction of sp³-hybridized carbons (Fsp3) is 0. The van der Waals surface area contributed by atoms with Crippen molar-refractivity contribution in [1.82, 2.24) is 4.98 Å². The highest BCUT2D eigenvalue weighted by molar-refractivity contribution is 7.12. The summed E-state index contributed by atoms with van der Waals surface area (Å²) in [5.41, 5.74) is 2.56. The zero-order valence-corrected chi connectivity index (χ0v) is 13.9. The molecule has 0 aliphatic carbocycles. The van der Waals surface area contributed by atoms with Crippen LogP contribution in [-0.2, 0) is 0 Å². The number of amidine groups is 1. The van der Waals surface area contributed by atoms with Crippen LogP contribution in [0.25, 0.3) is 17.0 Å². The number of thiophene rings is 1. The first-order valence-corrected chi connectivity index (χ1v) is 8.79. The molecule has 0 saturated heterocycles. The van der Waals surface area contributed by atoms with Crippen LogP contribution in [0.1, 0.15) is 10.4 Å². The Morgan fingerprint density at radius 3 is 2.80 bits per heavy atom. The molecule has 4 aromatic rings. The minimum Gasteiger partial charge on any atom is -0.494 e. The van der Waals surface area contributed by atoms with Gasteiger partial charge in [-0.3, -0.25) is 0 Å². The number of aromatic amines is 1. The average molecular weight is 343 g/mol. The molecule has 0 fully saturated rings. The lowest BCUT2D eigenvalue weighted by molar-refractivity contribution is 0.457. The van der Waals surface area contributed by atoms with E-state index in [4.69, 9.17) is 0 Å². The third-order valence-corrected chi connectivity index (χ3v) is 5.10. The van der Waals surface area contributed by atoms with Crippen LogP contribution < -0.4 is 10.6 Å². The van der Waals surface area contributed by atoms with Crippen molar-refractivity contribution in [2.45, 2.75) is 0 Å². The van der Waals surface area contributed by atoms with Crippen LogP contribution in [0.2, 0.25) is 0 Å². The molecule has 0 amide bonds. The number of fused-ring (bicyclic) bond motifs is 2. The van der Waals surface area contributed by atoms with E-state index in [0.717, 1.165) is 43.4 Å². The monoisotopic (exact) mass is 343 g/mol. The molecule has 0 atom stereocenters. The number of benzene rings is 2. The van der Waals surface area contributed by atoms with Crippen molar-refractivity contribution in [3.63, 3.8) is 0 Å². The molecule has 0 spiro atoms. The van der Waals surface area contributed by atoms with E-state index in [9.17, 15) is 5.11 Å². The maximum atomic E-state index is 10.2. The number of hydrogen-bond donors (Lipinski definition) is 2. The minimum absolute atomic E-state index is 0.175. The fourth-order valence-electron chi connectivity index (χ4n) is 3.05. The smallest absolute Gasteiger partial charge is 0.196 e. The summed E-state index contributed by atoms with van der Waals surface area (Å²) in [6.07, 6.45) is 1.97. The zero-order valence-electron chi connectivity index (χ0n) is 13.1. The van der Waals surface area contributed by atoms with Crippen LogP contribution in [0.3, 0.4) is 0 Å². The van der Waals surface area contributed by atoms with E-state index < -0.39 is 0 Å². The lowest BCUT2D eigenvalue weighted by atomic mass is 10.1. The van der Waals surface area contributed by atoms with Gasteiger partial charge in [0.2, 0.25) is 0 Å². The van der Waals surface area contributed by atoms with Gasteiger partial charge in [0.1, 0.15) is 0 Å². The van der Waals surface area contributed by atoms with Crippen LogP contribution in [-0.4, -0.2) is 15.9 Å². The lowest BCUT2D eigenvalue weighted by Crippen LogP contribution is -2.07. The van der Waals surface area contributed by atoms with E-state index in [1.54, 1.807) is 11.3 Å². The predicted octanol–water partition coefficient (Wildman–Crippen LogP) is 3.48. The van der Waals surface area contributed by atoms with Gasteiger partial charge in [0.15, 0.2) is 11.7 Å². The number of aliphatic imine (C=N–C) groups is 1. The number of aromatic nitrogens is 1. The van der Waals surface area contributed by atoms with Gasteiger partial charge in [-0.2, -0.15) is 0 Å². The molecule has 120 valence electrons. The van der Waals surface area contributed by atoms with Crippen LogP contribution in [0.5, 0.6) is 5.88 Å². The molecule has 0 radical (unpaired) electrons. The molecule has 2 N–H and O–H groups in total. The third kappa shape index (κ3) is 2.37. The van der Waals surface area contributed by atoms with E-state index in [0.29, 0.717) is 0 Å². The molecule has 5 heteroatoms. The van der Waals surface area contributed by atoms with Gasteiger partial charge in [0, 0.05) is 16.5 Å². The summed E-state index contributed by atoms with van der Waals surface area (Å²) in [7, 11) is 0. The SMILES string of the molecule is Oc1[nH]c2ccccc2c1/C=c1/ccc2c(c1)N=C(c1cccs1)N=2. The van der Waals surface area contributed by atoms with E-state index >= 15 is 0 Å². The normalized spacial score (nSPS) is 13.8. The Morgan fingerprint density at radius 1 is 1.00 bits per heavy atom. The van der Waals surface area contributed by atoms with Crippen molar-refractivity contribution >= 4 is 39.8 Å². The average Bonchev–Trinajstić information content (AvgIpc) is 3.34. The molecule has 4 nitrogen and oxygen atoms in total. The molecule has 3 heterocycles. The highest BCUT2D eigenvalue weighted by Gasteiger charge is 2.11. The van der Waals surface area contributed by atoms with Crippen molar-refractivity contribution in [2.75, 3.05) is 0 Å². The van der Waals surface area contributed by atoms with Crippen LogP contribution in [0, 0.1) is 0 Å². The molecule has 0 unspecified atom stereocenters. The van der Waals surface area contributed by atoms with Gasteiger partial charge in [0.05, 0.1) is 15.9 Å². The second kappa shape index (κ2) is 5.43. The maximum absolute atomic E-state index is 10.2. The van der Waals surface area contributed by atoms with Crippen molar-refractivity contribution in [3.05, 3.63) is 81.0 Å². The molecule has 0 bridgehead atoms. The second-order valence-electron chi connectivity index (χ2n) is 5.85. The fourth-order valence-corrected chi connectivity index (χ4v) is 3.70. The van der Waals surface area contributed by atoms with Crippen LogP contribution >= 0.6 is 11.3 Å². The molecule has 2 aromatic heterocycles. The Balaban J connectivity index is 1.64. The Morgan fingerprint density at radius 2 is 1.92 bits per heavy atom. The van der Waals surface area contributed by atoms with Gasteiger partial charge in [-0.05, 0) is 40.9 Å². The first-order valence-electron chi connectivity index (χ1n) is 7.91. The van der Waals surface area contributed by atoms with E-state index in [1.165, 1.54) is 0 Å². The summed E-state index contributed by atoms with van der Waals surface area (Å²) in [6, 6.07) is 17.8. The van der Waals surface area contributed by atoms with Gasteiger partial charge in [-0.15, -0.1) is 11.3 Å². The van der Waals surface area contributed by atoms with Crippen molar-refractivity contribution in [2.24, 2.45) is 9.98 Å². The standard InChI is InChI=1S/C20H13N3OS/c24-20-14(13-4-1-2-5-15(13)23-20)10-12-7-8-16-17(11-12)22-19(21-16)18-6-3-9-25-18/h1-11,23-24H/b12-10-. The summed E-state index contributed by atoms with van der Waals surface area (Å²) in [5, 5.41) is 15.1. The van der Waals surface area contributed by atoms with Crippen LogP contribution in [0.4, 0.5) is 5.69 Å². The highest BCUT2D eigenvalue weighted by Crippen LogP contribution is 2.27. The second-order valence-corrected chi connectivity index (χ2v) is 6.80. The molecule has 0 saturated carbocycles. The molecule has 25 heavy (non-hydrogen) atoms. The molecule has 1 aliphatic rings. The molecule has 2 aromatic carbocycles. The molecule has 5 rings (SSSR count). The van der Waals surface area contributed by atoms with Crippen molar-refractivity contribution in [1.29, 1.82) is 0 Å². The zero-order chi connectivity index (χ0) is 16.8. The highest BCUT2D eigenvalue weighted by atomic mass is 32.1. The molecular weight excluding hydrogens is 330 g/mol. The Bertz CT molecular complexity index is 1250.